The lowest BCUT2D eigenvalue weighted by Crippen LogP contribution is -2.07. The molecule has 0 fully saturated rings. The number of H-pyrrole nitrogens is 1. The average Bonchev–Trinajstić information content (AvgIpc) is 2.76. The quantitative estimate of drug-likeness (QED) is 0.539. The Bertz CT molecular complexity index is 461. The van der Waals surface area contributed by atoms with E-state index in [1.807, 2.05) is 19.1 Å². The summed E-state index contributed by atoms with van der Waals surface area (Å²) in [6.45, 7) is 1.85. The van der Waals surface area contributed by atoms with E-state index >= 15 is 0 Å². The molecule has 0 aliphatic carbocycles. The number of rotatable bonds is 4. The zero-order chi connectivity index (χ0) is 11.2. The second kappa shape index (κ2) is 4.92. The third-order valence-corrected chi connectivity index (χ3v) is 1.88. The van der Waals surface area contributed by atoms with Crippen LogP contribution >= 0.6 is 0 Å². The highest BCUT2D eigenvalue weighted by atomic mass is 15.4. The van der Waals surface area contributed by atoms with Gasteiger partial charge in [-0.15, -0.1) is 0 Å². The maximum Gasteiger partial charge on any atom is 0.173 e. The van der Waals surface area contributed by atoms with Crippen molar-refractivity contribution in [2.24, 2.45) is 4.99 Å². The Morgan fingerprint density at radius 3 is 3.06 bits per heavy atom. The minimum absolute atomic E-state index is 0.680. The highest BCUT2D eigenvalue weighted by molar-refractivity contribution is 5.68. The molecule has 0 bridgehead atoms. The van der Waals surface area contributed by atoms with E-state index < -0.39 is 0 Å². The second-order valence-electron chi connectivity index (χ2n) is 3.01. The van der Waals surface area contributed by atoms with E-state index in [1.165, 1.54) is 0 Å². The summed E-state index contributed by atoms with van der Waals surface area (Å²) in [6.07, 6.45) is 6.79. The number of hydrazine groups is 1. The van der Waals surface area contributed by atoms with Crippen LogP contribution in [-0.2, 0) is 0 Å². The van der Waals surface area contributed by atoms with Crippen molar-refractivity contribution < 1.29 is 0 Å². The fourth-order valence-corrected chi connectivity index (χ4v) is 1.17. The molecule has 0 aliphatic heterocycles. The van der Waals surface area contributed by atoms with Crippen molar-refractivity contribution >= 4 is 23.4 Å². The van der Waals surface area contributed by atoms with Crippen molar-refractivity contribution in [3.63, 3.8) is 0 Å². The third-order valence-electron chi connectivity index (χ3n) is 1.88. The van der Waals surface area contributed by atoms with Crippen LogP contribution in [0.1, 0.15) is 6.92 Å². The lowest BCUT2D eigenvalue weighted by molar-refractivity contribution is 1.08. The largest absolute Gasteiger partial charge is 0.299 e. The molecule has 2 aromatic rings. The molecule has 2 rings (SSSR count). The Hall–Kier alpha value is -2.37. The smallest absolute Gasteiger partial charge is 0.173 e. The fourth-order valence-electron chi connectivity index (χ4n) is 1.17. The predicted octanol–water partition coefficient (Wildman–Crippen LogP) is 1.97. The maximum atomic E-state index is 4.12. The molecule has 0 aromatic carbocycles. The highest BCUT2D eigenvalue weighted by Gasteiger charge is 2.01. The molecule has 0 atom stereocenters. The van der Waals surface area contributed by atoms with Gasteiger partial charge in [-0.2, -0.15) is 5.10 Å². The highest BCUT2D eigenvalue weighted by Crippen LogP contribution is 2.20. The van der Waals surface area contributed by atoms with E-state index in [9.17, 15) is 0 Å². The van der Waals surface area contributed by atoms with E-state index in [-0.39, 0.29) is 0 Å². The zero-order valence-corrected chi connectivity index (χ0v) is 8.81. The molecule has 0 unspecified atom stereocenters. The number of aromatic amines is 1. The van der Waals surface area contributed by atoms with E-state index in [2.05, 4.69) is 31.0 Å². The Morgan fingerprint density at radius 2 is 2.31 bits per heavy atom. The summed E-state index contributed by atoms with van der Waals surface area (Å²) in [7, 11) is 0. The molecule has 6 nitrogen and oxygen atoms in total. The van der Waals surface area contributed by atoms with Crippen LogP contribution in [0, 0.1) is 0 Å². The Morgan fingerprint density at radius 1 is 1.38 bits per heavy atom. The van der Waals surface area contributed by atoms with Crippen LogP contribution in [0.25, 0.3) is 0 Å². The third kappa shape index (κ3) is 2.35. The van der Waals surface area contributed by atoms with Crippen molar-refractivity contribution in [2.45, 2.75) is 6.92 Å². The number of aliphatic imine (C=N–C) groups is 1. The van der Waals surface area contributed by atoms with Gasteiger partial charge in [-0.1, -0.05) is 0 Å². The topological polar surface area (TPSA) is 78.0 Å². The summed E-state index contributed by atoms with van der Waals surface area (Å²) in [5.74, 6) is 0.680. The first kappa shape index (κ1) is 10.2. The summed E-state index contributed by atoms with van der Waals surface area (Å²) < 4.78 is 0. The van der Waals surface area contributed by atoms with Gasteiger partial charge in [0.05, 0.1) is 18.1 Å². The predicted molar refractivity (Wildman–Crippen MR) is 63.9 cm³/mol. The molecule has 3 N–H and O–H groups in total. The first-order valence-electron chi connectivity index (χ1n) is 4.84. The summed E-state index contributed by atoms with van der Waals surface area (Å²) >= 11 is 0. The number of hydrogen-bond acceptors (Lipinski definition) is 5. The van der Waals surface area contributed by atoms with Gasteiger partial charge in [0, 0.05) is 12.4 Å². The fraction of sp³-hybridized carbons (Fsp3) is 0.100. The first-order valence-corrected chi connectivity index (χ1v) is 4.84. The van der Waals surface area contributed by atoms with E-state index in [0.29, 0.717) is 5.82 Å². The van der Waals surface area contributed by atoms with Crippen LogP contribution in [0.5, 0.6) is 0 Å². The molecule has 0 amide bonds. The normalized spacial score (nSPS) is 10.6. The summed E-state index contributed by atoms with van der Waals surface area (Å²) in [4.78, 5) is 8.11. The molecule has 0 spiro atoms. The van der Waals surface area contributed by atoms with Gasteiger partial charge < -0.3 is 0 Å². The van der Waals surface area contributed by atoms with Gasteiger partial charge in [-0.25, -0.2) is 4.99 Å². The molecule has 2 heterocycles. The lowest BCUT2D eigenvalue weighted by Gasteiger charge is -2.07. The van der Waals surface area contributed by atoms with Crippen molar-refractivity contribution in [2.75, 3.05) is 10.9 Å². The number of pyridine rings is 1. The maximum absolute atomic E-state index is 4.12. The van der Waals surface area contributed by atoms with Gasteiger partial charge in [-0.3, -0.25) is 20.9 Å². The number of nitrogens with one attached hydrogen (secondary N) is 3. The summed E-state index contributed by atoms with van der Waals surface area (Å²) in [6, 6.07) is 3.76. The number of anilines is 2. The number of hydrogen-bond donors (Lipinski definition) is 3. The molecular weight excluding hydrogens is 204 g/mol. The standard InChI is InChI=1S/C10H12N6/c1-2-12-10-9(7-13-16-10)15-14-8-4-3-5-11-6-8/h2-7,14-15H,1H3,(H,13,16). The minimum atomic E-state index is 0.680. The molecule has 0 radical (unpaired) electrons. The number of nitrogens with zero attached hydrogens (tertiary/aromatic N) is 3. The van der Waals surface area contributed by atoms with Gasteiger partial charge >= 0.3 is 0 Å². The van der Waals surface area contributed by atoms with Gasteiger partial charge in [0.1, 0.15) is 5.69 Å². The van der Waals surface area contributed by atoms with Crippen molar-refractivity contribution in [1.29, 1.82) is 0 Å². The second-order valence-corrected chi connectivity index (χ2v) is 3.01. The van der Waals surface area contributed by atoms with Crippen LogP contribution in [0.4, 0.5) is 17.2 Å². The van der Waals surface area contributed by atoms with Crippen molar-refractivity contribution in [3.8, 4) is 0 Å². The summed E-state index contributed by atoms with van der Waals surface area (Å²) in [5, 5.41) is 6.67. The molecular formula is C10H12N6. The molecule has 2 aromatic heterocycles. The van der Waals surface area contributed by atoms with Crippen LogP contribution < -0.4 is 10.9 Å². The van der Waals surface area contributed by atoms with Crippen LogP contribution in [0.3, 0.4) is 0 Å². The number of aromatic nitrogens is 3. The Kier molecular flexibility index (Phi) is 3.12. The molecule has 0 aliphatic rings. The Labute approximate surface area is 92.8 Å². The average molecular weight is 216 g/mol. The Balaban J connectivity index is 2.02. The van der Waals surface area contributed by atoms with Gasteiger partial charge in [0.2, 0.25) is 0 Å². The van der Waals surface area contributed by atoms with Crippen molar-refractivity contribution in [3.05, 3.63) is 30.7 Å². The molecule has 82 valence electrons. The zero-order valence-electron chi connectivity index (χ0n) is 8.81. The van der Waals surface area contributed by atoms with E-state index in [4.69, 9.17) is 0 Å². The first-order chi connectivity index (χ1) is 7.90. The van der Waals surface area contributed by atoms with Gasteiger partial charge in [0.15, 0.2) is 5.82 Å². The molecule has 0 saturated heterocycles. The monoisotopic (exact) mass is 216 g/mol. The van der Waals surface area contributed by atoms with Crippen LogP contribution in [0.15, 0.2) is 35.7 Å². The summed E-state index contributed by atoms with van der Waals surface area (Å²) in [5.41, 5.74) is 7.65. The molecule has 0 saturated carbocycles. The van der Waals surface area contributed by atoms with Gasteiger partial charge in [0.25, 0.3) is 0 Å². The lowest BCUT2D eigenvalue weighted by atomic mass is 10.4. The van der Waals surface area contributed by atoms with Gasteiger partial charge in [-0.05, 0) is 19.1 Å². The van der Waals surface area contributed by atoms with Crippen molar-refractivity contribution in [1.82, 2.24) is 15.2 Å². The van der Waals surface area contributed by atoms with E-state index in [1.54, 1.807) is 24.8 Å². The molecule has 16 heavy (non-hydrogen) atoms. The molecule has 6 heteroatoms. The SMILES string of the molecule is CC=Nc1[nH]ncc1NNc1cccnc1. The van der Waals surface area contributed by atoms with Crippen LogP contribution in [0.2, 0.25) is 0 Å². The van der Waals surface area contributed by atoms with E-state index in [0.717, 1.165) is 11.4 Å². The minimum Gasteiger partial charge on any atom is -0.299 e. The van der Waals surface area contributed by atoms with Crippen LogP contribution in [-0.4, -0.2) is 21.4 Å².